The molecule has 1 aliphatic rings. The van der Waals surface area contributed by atoms with Gasteiger partial charge in [0, 0.05) is 28.3 Å². The number of thioether (sulfide) groups is 1. The van der Waals surface area contributed by atoms with E-state index in [4.69, 9.17) is 23.2 Å². The summed E-state index contributed by atoms with van der Waals surface area (Å²) in [6.45, 7) is 4.36. The van der Waals surface area contributed by atoms with Crippen LogP contribution in [0.5, 0.6) is 0 Å². The zero-order valence-electron chi connectivity index (χ0n) is 17.6. The van der Waals surface area contributed by atoms with E-state index in [2.05, 4.69) is 24.1 Å². The van der Waals surface area contributed by atoms with Crippen molar-refractivity contribution in [3.8, 4) is 0 Å². The van der Waals surface area contributed by atoms with Crippen molar-refractivity contribution in [2.75, 3.05) is 5.32 Å². The van der Waals surface area contributed by atoms with Crippen LogP contribution >= 0.6 is 47.4 Å². The van der Waals surface area contributed by atoms with Crippen molar-refractivity contribution in [3.63, 3.8) is 0 Å². The van der Waals surface area contributed by atoms with Gasteiger partial charge in [0.25, 0.3) is 0 Å². The Hall–Kier alpha value is -1.27. The molecule has 0 radical (unpaired) electrons. The standard InChI is InChI=1S/C23H26Cl2N2O2S.ClH/c1-15(2)7-10-23(8-3-4-9-23)22(29)27-19-12-17(24)18(25)13-20(19)30-21(28)16-6-5-11-26-14-16;/h5-6,11-15H,3-4,7-10H2,1-2H3,(H,27,29);1H. The predicted octanol–water partition coefficient (Wildman–Crippen LogP) is 7.68. The lowest BCUT2D eigenvalue weighted by Crippen LogP contribution is -2.34. The summed E-state index contributed by atoms with van der Waals surface area (Å²) in [4.78, 5) is 30.6. The smallest absolute Gasteiger partial charge is 0.230 e. The number of aromatic nitrogens is 1. The van der Waals surface area contributed by atoms with E-state index in [1.54, 1.807) is 30.5 Å². The number of amides is 1. The van der Waals surface area contributed by atoms with E-state index in [-0.39, 0.29) is 28.8 Å². The number of carbonyl (C=O) groups is 2. The second-order valence-electron chi connectivity index (χ2n) is 8.27. The molecule has 1 fully saturated rings. The lowest BCUT2D eigenvalue weighted by atomic mass is 9.79. The Balaban J connectivity index is 0.00000341. The zero-order valence-corrected chi connectivity index (χ0v) is 20.8. The first-order valence-corrected chi connectivity index (χ1v) is 11.8. The van der Waals surface area contributed by atoms with E-state index in [0.717, 1.165) is 50.3 Å². The van der Waals surface area contributed by atoms with Crippen molar-refractivity contribution in [2.45, 2.75) is 57.3 Å². The maximum Gasteiger partial charge on any atom is 0.230 e. The van der Waals surface area contributed by atoms with Crippen molar-refractivity contribution in [2.24, 2.45) is 11.3 Å². The zero-order chi connectivity index (χ0) is 21.7. The van der Waals surface area contributed by atoms with Gasteiger partial charge in [-0.25, -0.2) is 0 Å². The number of hydrogen-bond donors (Lipinski definition) is 1. The van der Waals surface area contributed by atoms with Crippen molar-refractivity contribution in [1.82, 2.24) is 4.98 Å². The van der Waals surface area contributed by atoms with Crippen LogP contribution in [-0.4, -0.2) is 16.0 Å². The number of nitrogens with one attached hydrogen (secondary N) is 1. The second-order valence-corrected chi connectivity index (χ2v) is 10.1. The van der Waals surface area contributed by atoms with Crippen LogP contribution in [-0.2, 0) is 4.79 Å². The van der Waals surface area contributed by atoms with Crippen molar-refractivity contribution in [1.29, 1.82) is 0 Å². The number of anilines is 1. The van der Waals surface area contributed by atoms with Gasteiger partial charge >= 0.3 is 0 Å². The molecule has 0 bridgehead atoms. The normalized spacial score (nSPS) is 14.9. The monoisotopic (exact) mass is 500 g/mol. The summed E-state index contributed by atoms with van der Waals surface area (Å²) in [7, 11) is 0. The van der Waals surface area contributed by atoms with E-state index in [1.807, 2.05) is 0 Å². The third kappa shape index (κ3) is 6.61. The van der Waals surface area contributed by atoms with Gasteiger partial charge < -0.3 is 5.32 Å². The van der Waals surface area contributed by atoms with Crippen LogP contribution in [0, 0.1) is 11.3 Å². The maximum absolute atomic E-state index is 13.4. The summed E-state index contributed by atoms with van der Waals surface area (Å²) in [5.74, 6) is 0.554. The molecule has 168 valence electrons. The van der Waals surface area contributed by atoms with Gasteiger partial charge in [-0.05, 0) is 67.6 Å². The molecular formula is C23H27Cl3N2O2S. The van der Waals surface area contributed by atoms with Crippen molar-refractivity contribution < 1.29 is 9.59 Å². The van der Waals surface area contributed by atoms with E-state index in [0.29, 0.717) is 32.1 Å². The van der Waals surface area contributed by atoms with Gasteiger partial charge in [0.15, 0.2) is 0 Å². The fourth-order valence-corrected chi connectivity index (χ4v) is 5.04. The van der Waals surface area contributed by atoms with Crippen LogP contribution in [0.2, 0.25) is 10.0 Å². The van der Waals surface area contributed by atoms with Gasteiger partial charge in [0.1, 0.15) is 0 Å². The molecule has 1 N–H and O–H groups in total. The highest BCUT2D eigenvalue weighted by molar-refractivity contribution is 8.14. The number of carbonyl (C=O) groups excluding carboxylic acids is 2. The van der Waals surface area contributed by atoms with Gasteiger partial charge in [0.05, 0.1) is 15.7 Å². The molecule has 1 heterocycles. The number of halogens is 3. The Morgan fingerprint density at radius 3 is 2.48 bits per heavy atom. The summed E-state index contributed by atoms with van der Waals surface area (Å²) in [5.41, 5.74) is 0.647. The Bertz CT molecular complexity index is 917. The predicted molar refractivity (Wildman–Crippen MR) is 132 cm³/mol. The summed E-state index contributed by atoms with van der Waals surface area (Å²) >= 11 is 13.5. The minimum Gasteiger partial charge on any atom is -0.325 e. The average molecular weight is 502 g/mol. The molecule has 0 spiro atoms. The summed E-state index contributed by atoms with van der Waals surface area (Å²) in [5, 5.41) is 3.58. The SMILES string of the molecule is CC(C)CCC1(C(=O)Nc2cc(Cl)c(Cl)cc2SC(=O)c2cccnc2)CCCC1.Cl. The third-order valence-corrected chi connectivity index (χ3v) is 7.31. The first kappa shape index (κ1) is 26.0. The minimum absolute atomic E-state index is 0. The van der Waals surface area contributed by atoms with Crippen LogP contribution in [0.25, 0.3) is 0 Å². The van der Waals surface area contributed by atoms with E-state index < -0.39 is 0 Å². The molecule has 4 nitrogen and oxygen atoms in total. The lowest BCUT2D eigenvalue weighted by molar-refractivity contribution is -0.125. The van der Waals surface area contributed by atoms with Gasteiger partial charge in [-0.3, -0.25) is 14.6 Å². The molecule has 1 saturated carbocycles. The number of nitrogens with zero attached hydrogens (tertiary/aromatic N) is 1. The van der Waals surface area contributed by atoms with Crippen LogP contribution in [0.15, 0.2) is 41.6 Å². The van der Waals surface area contributed by atoms with Gasteiger partial charge in [-0.1, -0.05) is 49.9 Å². The van der Waals surface area contributed by atoms with Crippen molar-refractivity contribution in [3.05, 3.63) is 52.3 Å². The van der Waals surface area contributed by atoms with E-state index >= 15 is 0 Å². The van der Waals surface area contributed by atoms with Crippen LogP contribution in [0.4, 0.5) is 5.69 Å². The Kier molecular flexibility index (Phi) is 9.68. The molecular weight excluding hydrogens is 475 g/mol. The molecule has 31 heavy (non-hydrogen) atoms. The second kappa shape index (κ2) is 11.6. The van der Waals surface area contributed by atoms with Gasteiger partial charge in [-0.2, -0.15) is 0 Å². The highest BCUT2D eigenvalue weighted by atomic mass is 35.5. The molecule has 0 atom stereocenters. The fraction of sp³-hybridized carbons (Fsp3) is 0.435. The number of hydrogen-bond acceptors (Lipinski definition) is 4. The minimum atomic E-state index is -0.355. The first-order chi connectivity index (χ1) is 14.3. The van der Waals surface area contributed by atoms with E-state index in [9.17, 15) is 9.59 Å². The lowest BCUT2D eigenvalue weighted by Gasteiger charge is -2.29. The van der Waals surface area contributed by atoms with Crippen LogP contribution in [0.3, 0.4) is 0 Å². The maximum atomic E-state index is 13.4. The fourth-order valence-electron chi connectivity index (χ4n) is 3.82. The quantitative estimate of drug-likeness (QED) is 0.395. The number of pyridine rings is 1. The van der Waals surface area contributed by atoms with Crippen molar-refractivity contribution >= 4 is 64.1 Å². The molecule has 0 aliphatic heterocycles. The summed E-state index contributed by atoms with van der Waals surface area (Å²) < 4.78 is 0. The number of benzene rings is 1. The molecule has 1 aromatic heterocycles. The van der Waals surface area contributed by atoms with Crippen LogP contribution in [0.1, 0.15) is 62.7 Å². The molecule has 8 heteroatoms. The highest BCUT2D eigenvalue weighted by Gasteiger charge is 2.41. The topological polar surface area (TPSA) is 59.1 Å². The molecule has 1 aliphatic carbocycles. The van der Waals surface area contributed by atoms with Crippen LogP contribution < -0.4 is 5.32 Å². The summed E-state index contributed by atoms with van der Waals surface area (Å²) in [6.07, 6.45) is 8.93. The third-order valence-electron chi connectivity index (χ3n) is 5.61. The summed E-state index contributed by atoms with van der Waals surface area (Å²) in [6, 6.07) is 6.68. The molecule has 0 saturated heterocycles. The molecule has 0 unspecified atom stereocenters. The largest absolute Gasteiger partial charge is 0.325 e. The Labute approximate surface area is 204 Å². The molecule has 1 aromatic carbocycles. The van der Waals surface area contributed by atoms with E-state index in [1.165, 1.54) is 6.20 Å². The Morgan fingerprint density at radius 2 is 1.87 bits per heavy atom. The first-order valence-electron chi connectivity index (χ1n) is 10.2. The van der Waals surface area contributed by atoms with Gasteiger partial charge in [0.2, 0.25) is 11.0 Å². The average Bonchev–Trinajstić information content (AvgIpc) is 3.21. The highest BCUT2D eigenvalue weighted by Crippen LogP contribution is 2.45. The molecule has 3 rings (SSSR count). The van der Waals surface area contributed by atoms with Gasteiger partial charge in [-0.15, -0.1) is 12.4 Å². The molecule has 1 amide bonds. The Morgan fingerprint density at radius 1 is 1.19 bits per heavy atom. The number of rotatable bonds is 7. The molecule has 2 aromatic rings.